The van der Waals surface area contributed by atoms with Crippen LogP contribution in [0.5, 0.6) is 11.5 Å². The largest absolute Gasteiger partial charge is 0.457 e. The summed E-state index contributed by atoms with van der Waals surface area (Å²) in [5.74, 6) is 2.25. The number of nitrogens with zero attached hydrogens (tertiary/aromatic N) is 2. The molecule has 1 N–H and O–H groups in total. The number of hydrogen-bond acceptors (Lipinski definition) is 4. The van der Waals surface area contributed by atoms with Crippen molar-refractivity contribution in [2.24, 2.45) is 0 Å². The number of nitrogens with one attached hydrogen (secondary N) is 1. The third-order valence-corrected chi connectivity index (χ3v) is 4.46. The Kier molecular flexibility index (Phi) is 5.29. The Morgan fingerprint density at radius 1 is 0.750 bits per heavy atom. The minimum absolute atomic E-state index is 0.0962. The van der Waals surface area contributed by atoms with Crippen molar-refractivity contribution in [1.82, 2.24) is 9.97 Å². The minimum Gasteiger partial charge on any atom is -0.457 e. The Bertz CT molecular complexity index is 1040. The van der Waals surface area contributed by atoms with E-state index >= 15 is 0 Å². The van der Waals surface area contributed by atoms with Crippen molar-refractivity contribution in [1.29, 1.82) is 0 Å². The fourth-order valence-electron chi connectivity index (χ4n) is 3.04. The molecule has 0 unspecified atom stereocenters. The molecule has 0 radical (unpaired) electrons. The van der Waals surface area contributed by atoms with Crippen LogP contribution in [0.3, 0.4) is 0 Å². The molecule has 1 heterocycles. The van der Waals surface area contributed by atoms with Crippen molar-refractivity contribution in [3.8, 4) is 22.8 Å². The lowest BCUT2D eigenvalue weighted by atomic mass is 10.1. The third kappa shape index (κ3) is 4.01. The molecule has 0 saturated heterocycles. The summed E-state index contributed by atoms with van der Waals surface area (Å²) in [6.45, 7) is 2.11. The molecule has 0 saturated carbocycles. The Hall–Kier alpha value is -3.66. The SMILES string of the molecule is C[C@@H](Nc1nccnc1-c1ccccc1Oc1ccccc1)c1ccccc1. The average molecular weight is 367 g/mol. The summed E-state index contributed by atoms with van der Waals surface area (Å²) in [5.41, 5.74) is 2.84. The second-order valence-electron chi connectivity index (χ2n) is 6.44. The molecule has 4 heteroatoms. The van der Waals surface area contributed by atoms with E-state index in [9.17, 15) is 0 Å². The van der Waals surface area contributed by atoms with Gasteiger partial charge in [0.2, 0.25) is 0 Å². The van der Waals surface area contributed by atoms with Gasteiger partial charge in [0.05, 0.1) is 6.04 Å². The average Bonchev–Trinajstić information content (AvgIpc) is 2.76. The van der Waals surface area contributed by atoms with E-state index < -0.39 is 0 Å². The van der Waals surface area contributed by atoms with Gasteiger partial charge in [0, 0.05) is 18.0 Å². The summed E-state index contributed by atoms with van der Waals surface area (Å²) in [7, 11) is 0. The molecule has 0 aliphatic rings. The van der Waals surface area contributed by atoms with Crippen molar-refractivity contribution in [3.63, 3.8) is 0 Å². The molecule has 0 bridgehead atoms. The number of anilines is 1. The highest BCUT2D eigenvalue weighted by atomic mass is 16.5. The normalized spacial score (nSPS) is 11.6. The van der Waals surface area contributed by atoms with Crippen molar-refractivity contribution >= 4 is 5.82 Å². The zero-order valence-corrected chi connectivity index (χ0v) is 15.6. The van der Waals surface area contributed by atoms with Crippen LogP contribution < -0.4 is 10.1 Å². The first-order chi connectivity index (χ1) is 13.8. The molecule has 0 aliphatic heterocycles. The Labute approximate surface area is 164 Å². The molecule has 4 nitrogen and oxygen atoms in total. The van der Waals surface area contributed by atoms with Crippen LogP contribution in [0.2, 0.25) is 0 Å². The molecule has 28 heavy (non-hydrogen) atoms. The summed E-state index contributed by atoms with van der Waals surface area (Å²) in [6.07, 6.45) is 3.40. The monoisotopic (exact) mass is 367 g/mol. The Morgan fingerprint density at radius 3 is 2.18 bits per heavy atom. The van der Waals surface area contributed by atoms with Crippen LogP contribution in [-0.2, 0) is 0 Å². The lowest BCUT2D eigenvalue weighted by Crippen LogP contribution is -2.09. The predicted molar refractivity (Wildman–Crippen MR) is 112 cm³/mol. The molecule has 4 rings (SSSR count). The van der Waals surface area contributed by atoms with Crippen LogP contribution in [-0.4, -0.2) is 9.97 Å². The Morgan fingerprint density at radius 2 is 1.39 bits per heavy atom. The van der Waals surface area contributed by atoms with Crippen LogP contribution in [0, 0.1) is 0 Å². The first-order valence-electron chi connectivity index (χ1n) is 9.26. The van der Waals surface area contributed by atoms with Gasteiger partial charge in [-0.15, -0.1) is 0 Å². The molecule has 138 valence electrons. The summed E-state index contributed by atoms with van der Waals surface area (Å²) in [5, 5.41) is 3.49. The van der Waals surface area contributed by atoms with Gasteiger partial charge in [0.15, 0.2) is 5.82 Å². The van der Waals surface area contributed by atoms with E-state index in [1.54, 1.807) is 12.4 Å². The van der Waals surface area contributed by atoms with Crippen LogP contribution in [0.4, 0.5) is 5.82 Å². The van der Waals surface area contributed by atoms with E-state index in [0.717, 1.165) is 28.6 Å². The van der Waals surface area contributed by atoms with Crippen LogP contribution >= 0.6 is 0 Å². The van der Waals surface area contributed by atoms with Crippen LogP contribution in [0.25, 0.3) is 11.3 Å². The molecular formula is C24H21N3O. The molecule has 0 amide bonds. The standard InChI is InChI=1S/C24H21N3O/c1-18(19-10-4-2-5-11-19)27-24-23(25-16-17-26-24)21-14-8-9-15-22(21)28-20-12-6-3-7-13-20/h2-18H,1H3,(H,26,27)/t18-/m1/s1. The summed E-state index contributed by atoms with van der Waals surface area (Å²) >= 11 is 0. The number of para-hydroxylation sites is 2. The quantitative estimate of drug-likeness (QED) is 0.447. The van der Waals surface area contributed by atoms with Gasteiger partial charge in [-0.1, -0.05) is 60.7 Å². The van der Waals surface area contributed by atoms with E-state index in [1.165, 1.54) is 5.56 Å². The molecule has 0 spiro atoms. The van der Waals surface area contributed by atoms with Crippen LogP contribution in [0.15, 0.2) is 97.3 Å². The van der Waals surface area contributed by atoms with Gasteiger partial charge in [0.25, 0.3) is 0 Å². The summed E-state index contributed by atoms with van der Waals surface area (Å²) in [4.78, 5) is 9.13. The molecule has 3 aromatic carbocycles. The van der Waals surface area contributed by atoms with Gasteiger partial charge >= 0.3 is 0 Å². The van der Waals surface area contributed by atoms with Crippen molar-refractivity contribution in [2.75, 3.05) is 5.32 Å². The van der Waals surface area contributed by atoms with Crippen molar-refractivity contribution in [3.05, 3.63) is 103 Å². The van der Waals surface area contributed by atoms with E-state index in [1.807, 2.05) is 72.8 Å². The molecule has 1 aromatic heterocycles. The maximum atomic E-state index is 6.11. The number of benzene rings is 3. The van der Waals surface area contributed by atoms with Gasteiger partial charge < -0.3 is 10.1 Å². The topological polar surface area (TPSA) is 47.0 Å². The molecule has 0 aliphatic carbocycles. The van der Waals surface area contributed by atoms with E-state index in [-0.39, 0.29) is 6.04 Å². The number of ether oxygens (including phenoxy) is 1. The second-order valence-corrected chi connectivity index (χ2v) is 6.44. The molecule has 1 atom stereocenters. The number of hydrogen-bond donors (Lipinski definition) is 1. The van der Waals surface area contributed by atoms with Gasteiger partial charge in [-0.2, -0.15) is 0 Å². The fraction of sp³-hybridized carbons (Fsp3) is 0.0833. The maximum Gasteiger partial charge on any atom is 0.153 e. The first kappa shape index (κ1) is 17.7. The lowest BCUT2D eigenvalue weighted by molar-refractivity contribution is 0.484. The Balaban J connectivity index is 1.67. The predicted octanol–water partition coefficient (Wildman–Crippen LogP) is 6.11. The van der Waals surface area contributed by atoms with E-state index in [2.05, 4.69) is 34.3 Å². The lowest BCUT2D eigenvalue weighted by Gasteiger charge is -2.18. The maximum absolute atomic E-state index is 6.11. The highest BCUT2D eigenvalue weighted by Crippen LogP contribution is 2.35. The zero-order valence-electron chi connectivity index (χ0n) is 15.6. The number of rotatable bonds is 6. The van der Waals surface area contributed by atoms with Crippen LogP contribution in [0.1, 0.15) is 18.5 Å². The molecular weight excluding hydrogens is 346 g/mol. The van der Waals surface area contributed by atoms with E-state index in [4.69, 9.17) is 4.74 Å². The second kappa shape index (κ2) is 8.35. The highest BCUT2D eigenvalue weighted by molar-refractivity contribution is 5.76. The summed E-state index contributed by atoms with van der Waals surface area (Å²) in [6, 6.07) is 28.0. The highest BCUT2D eigenvalue weighted by Gasteiger charge is 2.15. The van der Waals surface area contributed by atoms with Crippen molar-refractivity contribution in [2.45, 2.75) is 13.0 Å². The number of aromatic nitrogens is 2. The zero-order chi connectivity index (χ0) is 19.2. The molecule has 0 fully saturated rings. The first-order valence-corrected chi connectivity index (χ1v) is 9.26. The van der Waals surface area contributed by atoms with Gasteiger partial charge in [0.1, 0.15) is 17.2 Å². The summed E-state index contributed by atoms with van der Waals surface area (Å²) < 4.78 is 6.11. The van der Waals surface area contributed by atoms with Gasteiger partial charge in [-0.25, -0.2) is 4.98 Å². The molecule has 4 aromatic rings. The van der Waals surface area contributed by atoms with Crippen molar-refractivity contribution < 1.29 is 4.74 Å². The fourth-order valence-corrected chi connectivity index (χ4v) is 3.04. The minimum atomic E-state index is 0.0962. The third-order valence-electron chi connectivity index (χ3n) is 4.46. The van der Waals surface area contributed by atoms with Gasteiger partial charge in [-0.05, 0) is 36.8 Å². The smallest absolute Gasteiger partial charge is 0.153 e. The van der Waals surface area contributed by atoms with E-state index in [0.29, 0.717) is 0 Å². The van der Waals surface area contributed by atoms with Gasteiger partial charge in [-0.3, -0.25) is 4.98 Å².